The lowest BCUT2D eigenvalue weighted by atomic mass is 10.2. The summed E-state index contributed by atoms with van der Waals surface area (Å²) in [5, 5.41) is 6.31. The Bertz CT molecular complexity index is 831. The lowest BCUT2D eigenvalue weighted by molar-refractivity contribution is 0.252. The van der Waals surface area contributed by atoms with Gasteiger partial charge in [0.15, 0.2) is 15.0 Å². The summed E-state index contributed by atoms with van der Waals surface area (Å²) in [6.07, 6.45) is 4.72. The van der Waals surface area contributed by atoms with Crippen LogP contribution < -0.4 is 10.6 Å². The summed E-state index contributed by atoms with van der Waals surface area (Å²) in [7, 11) is -1.40. The first kappa shape index (κ1) is 18.3. The molecule has 0 bridgehead atoms. The summed E-state index contributed by atoms with van der Waals surface area (Å²) < 4.78 is 25.1. The van der Waals surface area contributed by atoms with Crippen LogP contribution in [0.1, 0.15) is 5.56 Å². The van der Waals surface area contributed by atoms with Crippen LogP contribution in [0.3, 0.4) is 0 Å². The van der Waals surface area contributed by atoms with E-state index in [1.807, 2.05) is 17.8 Å². The van der Waals surface area contributed by atoms with E-state index >= 15 is 0 Å². The van der Waals surface area contributed by atoms with Crippen molar-refractivity contribution < 1.29 is 13.2 Å². The number of sulfone groups is 1. The fourth-order valence-corrected chi connectivity index (χ4v) is 3.36. The maximum Gasteiger partial charge on any atom is 0.319 e. The molecule has 0 atom stereocenters. The van der Waals surface area contributed by atoms with Crippen LogP contribution in [0.2, 0.25) is 0 Å². The first-order valence-electron chi connectivity index (χ1n) is 7.23. The van der Waals surface area contributed by atoms with Crippen molar-refractivity contribution in [1.29, 1.82) is 0 Å². The van der Waals surface area contributed by atoms with E-state index in [0.717, 1.165) is 17.0 Å². The average Bonchev–Trinajstić information content (AvgIpc) is 2.90. The monoisotopic (exact) mass is 368 g/mol. The lowest BCUT2D eigenvalue weighted by Gasteiger charge is -2.11. The standard InChI is InChI=1S/C15H20N4O3S2/c1-11-4-5-12(24(3,21)22)10-13(11)18-14(20)16-7-9-23-15-17-6-8-19(15)2/h4-6,8,10H,7,9H2,1-3H3,(H2,16,18,20). The van der Waals surface area contributed by atoms with Gasteiger partial charge in [0.2, 0.25) is 0 Å². The van der Waals surface area contributed by atoms with Gasteiger partial charge in [0, 0.05) is 43.7 Å². The second-order valence-electron chi connectivity index (χ2n) is 5.30. The molecule has 0 unspecified atom stereocenters. The predicted molar refractivity (Wildman–Crippen MR) is 95.2 cm³/mol. The maximum atomic E-state index is 12.0. The van der Waals surface area contributed by atoms with E-state index in [1.54, 1.807) is 30.9 Å². The maximum absolute atomic E-state index is 12.0. The zero-order chi connectivity index (χ0) is 17.7. The van der Waals surface area contributed by atoms with Gasteiger partial charge in [-0.1, -0.05) is 17.8 Å². The van der Waals surface area contributed by atoms with Crippen LogP contribution in [0, 0.1) is 6.92 Å². The van der Waals surface area contributed by atoms with E-state index in [4.69, 9.17) is 0 Å². The number of rotatable bonds is 6. The second-order valence-corrected chi connectivity index (χ2v) is 8.38. The van der Waals surface area contributed by atoms with Crippen LogP contribution in [-0.2, 0) is 16.9 Å². The highest BCUT2D eigenvalue weighted by atomic mass is 32.2. The predicted octanol–water partition coefficient (Wildman–Crippen LogP) is 2.05. The number of carbonyl (C=O) groups excluding carboxylic acids is 1. The van der Waals surface area contributed by atoms with Crippen molar-refractivity contribution >= 4 is 33.3 Å². The molecule has 7 nitrogen and oxygen atoms in total. The van der Waals surface area contributed by atoms with E-state index in [0.29, 0.717) is 18.0 Å². The molecule has 0 saturated heterocycles. The largest absolute Gasteiger partial charge is 0.337 e. The van der Waals surface area contributed by atoms with Crippen LogP contribution in [-0.4, -0.2) is 42.6 Å². The Kier molecular flexibility index (Phi) is 5.89. The number of nitrogens with one attached hydrogen (secondary N) is 2. The zero-order valence-corrected chi connectivity index (χ0v) is 15.4. The van der Waals surface area contributed by atoms with Gasteiger partial charge in [0.25, 0.3) is 0 Å². The third-order valence-corrected chi connectivity index (χ3v) is 5.45. The Morgan fingerprint density at radius 1 is 1.38 bits per heavy atom. The lowest BCUT2D eigenvalue weighted by Crippen LogP contribution is -2.30. The average molecular weight is 368 g/mol. The Labute approximate surface area is 145 Å². The number of nitrogens with zero attached hydrogens (tertiary/aromatic N) is 2. The number of anilines is 1. The Morgan fingerprint density at radius 2 is 2.12 bits per heavy atom. The van der Waals surface area contributed by atoms with E-state index in [2.05, 4.69) is 15.6 Å². The molecule has 0 radical (unpaired) electrons. The van der Waals surface area contributed by atoms with Crippen LogP contribution in [0.4, 0.5) is 10.5 Å². The molecule has 0 aliphatic heterocycles. The first-order valence-corrected chi connectivity index (χ1v) is 10.1. The van der Waals surface area contributed by atoms with Crippen molar-refractivity contribution in [2.24, 2.45) is 7.05 Å². The summed E-state index contributed by atoms with van der Waals surface area (Å²) in [5.74, 6) is 0.681. The topological polar surface area (TPSA) is 93.1 Å². The molecule has 1 heterocycles. The number of hydrogen-bond acceptors (Lipinski definition) is 5. The molecule has 130 valence electrons. The van der Waals surface area contributed by atoms with Gasteiger partial charge >= 0.3 is 6.03 Å². The van der Waals surface area contributed by atoms with Crippen molar-refractivity contribution in [3.05, 3.63) is 36.2 Å². The number of hydrogen-bond donors (Lipinski definition) is 2. The highest BCUT2D eigenvalue weighted by Gasteiger charge is 2.11. The van der Waals surface area contributed by atoms with Crippen LogP contribution in [0.5, 0.6) is 0 Å². The molecule has 0 saturated carbocycles. The summed E-state index contributed by atoms with van der Waals surface area (Å²) in [5.41, 5.74) is 1.27. The van der Waals surface area contributed by atoms with Gasteiger partial charge in [-0.3, -0.25) is 0 Å². The van der Waals surface area contributed by atoms with Crippen molar-refractivity contribution in [2.75, 3.05) is 23.9 Å². The summed E-state index contributed by atoms with van der Waals surface area (Å²) in [6, 6.07) is 4.29. The normalized spacial score (nSPS) is 11.3. The van der Waals surface area contributed by atoms with Gasteiger partial charge in [-0.15, -0.1) is 0 Å². The minimum Gasteiger partial charge on any atom is -0.337 e. The SMILES string of the molecule is Cc1ccc(S(C)(=O)=O)cc1NC(=O)NCCSc1nccn1C. The van der Waals surface area contributed by atoms with Crippen molar-refractivity contribution in [3.63, 3.8) is 0 Å². The van der Waals surface area contributed by atoms with E-state index in [9.17, 15) is 13.2 Å². The number of benzene rings is 1. The van der Waals surface area contributed by atoms with E-state index in [1.165, 1.54) is 12.1 Å². The van der Waals surface area contributed by atoms with Gasteiger partial charge in [0.05, 0.1) is 4.90 Å². The van der Waals surface area contributed by atoms with Gasteiger partial charge in [-0.25, -0.2) is 18.2 Å². The molecule has 2 rings (SSSR count). The molecule has 0 aliphatic rings. The van der Waals surface area contributed by atoms with Crippen LogP contribution in [0.15, 0.2) is 40.6 Å². The van der Waals surface area contributed by atoms with Crippen molar-refractivity contribution in [1.82, 2.24) is 14.9 Å². The number of thioether (sulfide) groups is 1. The number of urea groups is 1. The highest BCUT2D eigenvalue weighted by molar-refractivity contribution is 7.99. The van der Waals surface area contributed by atoms with Gasteiger partial charge in [0.1, 0.15) is 0 Å². The minimum absolute atomic E-state index is 0.175. The number of aryl methyl sites for hydroxylation is 2. The number of aromatic nitrogens is 2. The Balaban J connectivity index is 1.87. The quantitative estimate of drug-likeness (QED) is 0.601. The summed E-state index contributed by atoms with van der Waals surface area (Å²) >= 11 is 1.54. The summed E-state index contributed by atoms with van der Waals surface area (Å²) in [4.78, 5) is 16.3. The van der Waals surface area contributed by atoms with Gasteiger partial charge in [-0.2, -0.15) is 0 Å². The van der Waals surface area contributed by atoms with Gasteiger partial charge < -0.3 is 15.2 Å². The minimum atomic E-state index is -3.31. The molecule has 2 N–H and O–H groups in total. The molecule has 0 fully saturated rings. The molecule has 24 heavy (non-hydrogen) atoms. The fraction of sp³-hybridized carbons (Fsp3) is 0.333. The smallest absolute Gasteiger partial charge is 0.319 e. The molecular weight excluding hydrogens is 348 g/mol. The van der Waals surface area contributed by atoms with Crippen molar-refractivity contribution in [2.45, 2.75) is 17.0 Å². The molecule has 0 aliphatic carbocycles. The number of carbonyl (C=O) groups is 1. The van der Waals surface area contributed by atoms with E-state index in [-0.39, 0.29) is 10.9 Å². The second kappa shape index (κ2) is 7.71. The molecule has 9 heteroatoms. The third kappa shape index (κ3) is 5.00. The number of amides is 2. The summed E-state index contributed by atoms with van der Waals surface area (Å²) in [6.45, 7) is 2.27. The molecule has 2 aromatic rings. The fourth-order valence-electron chi connectivity index (χ4n) is 1.93. The molecule has 2 amide bonds. The first-order chi connectivity index (χ1) is 11.3. The Hall–Kier alpha value is -2.00. The number of imidazole rings is 1. The Morgan fingerprint density at radius 3 is 2.75 bits per heavy atom. The van der Waals surface area contributed by atoms with E-state index < -0.39 is 9.84 Å². The molecule has 1 aromatic carbocycles. The van der Waals surface area contributed by atoms with Crippen molar-refractivity contribution in [3.8, 4) is 0 Å². The highest BCUT2D eigenvalue weighted by Crippen LogP contribution is 2.20. The zero-order valence-electron chi connectivity index (χ0n) is 13.7. The van der Waals surface area contributed by atoms with Gasteiger partial charge in [-0.05, 0) is 24.6 Å². The molecule has 1 aromatic heterocycles. The van der Waals surface area contributed by atoms with Crippen LogP contribution >= 0.6 is 11.8 Å². The third-order valence-electron chi connectivity index (χ3n) is 3.28. The van der Waals surface area contributed by atoms with Crippen LogP contribution in [0.25, 0.3) is 0 Å². The molecule has 0 spiro atoms. The molecular formula is C15H20N4O3S2.